The van der Waals surface area contributed by atoms with Gasteiger partial charge in [-0.25, -0.2) is 0 Å². The molecule has 0 atom stereocenters. The summed E-state index contributed by atoms with van der Waals surface area (Å²) in [6.45, 7) is 6.03. The molecule has 2 rings (SSSR count). The number of ether oxygens (including phenoxy) is 1. The highest BCUT2D eigenvalue weighted by molar-refractivity contribution is 5.43. The number of benzene rings is 1. The van der Waals surface area contributed by atoms with Gasteiger partial charge in [-0.3, -0.25) is 0 Å². The van der Waals surface area contributed by atoms with Gasteiger partial charge in [0.25, 0.3) is 0 Å². The minimum Gasteiger partial charge on any atom is -0.487 e. The summed E-state index contributed by atoms with van der Waals surface area (Å²) in [4.78, 5) is 0. The molecule has 1 aromatic carbocycles. The Hall–Kier alpha value is -1.06. The Labute approximate surface area is 90.4 Å². The zero-order chi connectivity index (χ0) is 11.3. The average Bonchev–Trinajstić information content (AvgIpc) is 2.03. The van der Waals surface area contributed by atoms with Crippen LogP contribution in [0.25, 0.3) is 0 Å². The summed E-state index contributed by atoms with van der Waals surface area (Å²) in [6, 6.07) is 5.96. The van der Waals surface area contributed by atoms with E-state index in [0.29, 0.717) is 6.42 Å². The molecule has 0 unspecified atom stereocenters. The van der Waals surface area contributed by atoms with Gasteiger partial charge in [-0.1, -0.05) is 11.6 Å². The van der Waals surface area contributed by atoms with Crippen LogP contribution in [0.3, 0.4) is 0 Å². The Balaban J connectivity index is 2.55. The molecule has 0 aliphatic carbocycles. The summed E-state index contributed by atoms with van der Waals surface area (Å²) >= 11 is 0. The number of aryl methyl sites for hydroxylation is 1. The van der Waals surface area contributed by atoms with Crippen LogP contribution < -0.4 is 16.2 Å². The second kappa shape index (κ2) is 2.97. The highest BCUT2D eigenvalue weighted by Crippen LogP contribution is 2.39. The molecule has 1 aliphatic rings. The molecule has 15 heavy (non-hydrogen) atoms. The molecule has 0 spiro atoms. The van der Waals surface area contributed by atoms with Crippen molar-refractivity contribution in [2.45, 2.75) is 38.5 Å². The minimum atomic E-state index is -0.789. The smallest absolute Gasteiger partial charge is 0.126 e. The first kappa shape index (κ1) is 10.5. The van der Waals surface area contributed by atoms with E-state index in [2.05, 4.69) is 0 Å². The van der Waals surface area contributed by atoms with Crippen LogP contribution in [-0.4, -0.2) is 5.60 Å². The van der Waals surface area contributed by atoms with E-state index in [-0.39, 0.29) is 5.60 Å². The van der Waals surface area contributed by atoms with Gasteiger partial charge >= 0.3 is 0 Å². The second-order valence-electron chi connectivity index (χ2n) is 5.08. The van der Waals surface area contributed by atoms with Crippen molar-refractivity contribution in [1.82, 2.24) is 0 Å². The first-order valence-corrected chi connectivity index (χ1v) is 5.18. The van der Waals surface area contributed by atoms with Crippen LogP contribution in [0, 0.1) is 6.92 Å². The highest BCUT2D eigenvalue weighted by Gasteiger charge is 2.39. The van der Waals surface area contributed by atoms with E-state index in [0.717, 1.165) is 16.9 Å². The highest BCUT2D eigenvalue weighted by atomic mass is 16.5. The zero-order valence-corrected chi connectivity index (χ0v) is 9.50. The molecule has 82 valence electrons. The standard InChI is InChI=1S/C12H18N2O/c1-8-4-5-10-9(6-8)12(13,14)7-11(2,3)15-10/h4-6H,7,13-14H2,1-3H3. The van der Waals surface area contributed by atoms with E-state index in [1.807, 2.05) is 39.0 Å². The third-order valence-corrected chi connectivity index (χ3v) is 2.74. The Morgan fingerprint density at radius 3 is 2.60 bits per heavy atom. The SMILES string of the molecule is Cc1ccc2c(c1)C(N)(N)CC(C)(C)O2. The molecule has 1 aromatic rings. The normalized spacial score (nSPS) is 21.7. The Kier molecular flexibility index (Phi) is 2.07. The molecule has 0 amide bonds. The van der Waals surface area contributed by atoms with Crippen molar-refractivity contribution in [3.63, 3.8) is 0 Å². The van der Waals surface area contributed by atoms with E-state index in [9.17, 15) is 0 Å². The number of hydrogen-bond donors (Lipinski definition) is 2. The molecular formula is C12H18N2O. The van der Waals surface area contributed by atoms with Gasteiger partial charge in [0.05, 0.1) is 5.66 Å². The summed E-state index contributed by atoms with van der Waals surface area (Å²) in [5.74, 6) is 0.807. The summed E-state index contributed by atoms with van der Waals surface area (Å²) in [6.07, 6.45) is 0.621. The number of nitrogens with two attached hydrogens (primary N) is 2. The molecule has 3 nitrogen and oxygen atoms in total. The number of fused-ring (bicyclic) bond motifs is 1. The molecule has 0 saturated heterocycles. The predicted molar refractivity (Wildman–Crippen MR) is 60.6 cm³/mol. The number of rotatable bonds is 0. The van der Waals surface area contributed by atoms with Gasteiger partial charge in [-0.05, 0) is 32.9 Å². The minimum absolute atomic E-state index is 0.300. The topological polar surface area (TPSA) is 61.3 Å². The maximum atomic E-state index is 6.13. The van der Waals surface area contributed by atoms with Gasteiger partial charge in [0.2, 0.25) is 0 Å². The van der Waals surface area contributed by atoms with Crippen LogP contribution in [-0.2, 0) is 5.66 Å². The van der Waals surface area contributed by atoms with Crippen molar-refractivity contribution in [2.75, 3.05) is 0 Å². The van der Waals surface area contributed by atoms with Crippen LogP contribution in [0.15, 0.2) is 18.2 Å². The lowest BCUT2D eigenvalue weighted by molar-refractivity contribution is 0.0469. The van der Waals surface area contributed by atoms with Crippen LogP contribution in [0.1, 0.15) is 31.4 Å². The van der Waals surface area contributed by atoms with Gasteiger partial charge < -0.3 is 16.2 Å². The molecule has 0 radical (unpaired) electrons. The van der Waals surface area contributed by atoms with Gasteiger partial charge in [0.1, 0.15) is 11.4 Å². The monoisotopic (exact) mass is 206 g/mol. The average molecular weight is 206 g/mol. The van der Waals surface area contributed by atoms with Crippen molar-refractivity contribution in [1.29, 1.82) is 0 Å². The van der Waals surface area contributed by atoms with E-state index < -0.39 is 5.66 Å². The maximum Gasteiger partial charge on any atom is 0.126 e. The first-order chi connectivity index (χ1) is 6.80. The Bertz CT molecular complexity index is 397. The number of hydrogen-bond acceptors (Lipinski definition) is 3. The van der Waals surface area contributed by atoms with Crippen LogP contribution in [0.5, 0.6) is 5.75 Å². The lowest BCUT2D eigenvalue weighted by atomic mass is 9.85. The molecule has 0 aromatic heterocycles. The fourth-order valence-corrected chi connectivity index (χ4v) is 2.23. The van der Waals surface area contributed by atoms with E-state index in [1.165, 1.54) is 0 Å². The van der Waals surface area contributed by atoms with Crippen molar-refractivity contribution in [3.8, 4) is 5.75 Å². The molecule has 1 aliphatic heterocycles. The lowest BCUT2D eigenvalue weighted by Gasteiger charge is -2.41. The van der Waals surface area contributed by atoms with Crippen LogP contribution in [0.4, 0.5) is 0 Å². The third kappa shape index (κ3) is 1.85. The van der Waals surface area contributed by atoms with Gasteiger partial charge in [0.15, 0.2) is 0 Å². The summed E-state index contributed by atoms with van der Waals surface area (Å²) < 4.78 is 5.85. The molecule has 0 saturated carbocycles. The maximum absolute atomic E-state index is 6.13. The molecule has 0 fully saturated rings. The van der Waals surface area contributed by atoms with Gasteiger partial charge in [0, 0.05) is 12.0 Å². The zero-order valence-electron chi connectivity index (χ0n) is 9.50. The summed E-state index contributed by atoms with van der Waals surface area (Å²) in [5.41, 5.74) is 13.2. The van der Waals surface area contributed by atoms with Crippen molar-refractivity contribution in [3.05, 3.63) is 29.3 Å². The van der Waals surface area contributed by atoms with Gasteiger partial charge in [-0.15, -0.1) is 0 Å². The van der Waals surface area contributed by atoms with E-state index >= 15 is 0 Å². The van der Waals surface area contributed by atoms with Crippen molar-refractivity contribution < 1.29 is 4.74 Å². The van der Waals surface area contributed by atoms with Crippen LogP contribution in [0.2, 0.25) is 0 Å². The molecule has 0 bridgehead atoms. The summed E-state index contributed by atoms with van der Waals surface area (Å²) in [7, 11) is 0. The third-order valence-electron chi connectivity index (χ3n) is 2.74. The molecule has 1 heterocycles. The van der Waals surface area contributed by atoms with Crippen LogP contribution >= 0.6 is 0 Å². The largest absolute Gasteiger partial charge is 0.487 e. The molecule has 4 N–H and O–H groups in total. The Morgan fingerprint density at radius 2 is 1.93 bits per heavy atom. The fraction of sp³-hybridized carbons (Fsp3) is 0.500. The summed E-state index contributed by atoms with van der Waals surface area (Å²) in [5, 5.41) is 0. The predicted octanol–water partition coefficient (Wildman–Crippen LogP) is 1.63. The van der Waals surface area contributed by atoms with Crippen molar-refractivity contribution in [2.24, 2.45) is 11.5 Å². The van der Waals surface area contributed by atoms with E-state index in [4.69, 9.17) is 16.2 Å². The van der Waals surface area contributed by atoms with Gasteiger partial charge in [-0.2, -0.15) is 0 Å². The first-order valence-electron chi connectivity index (χ1n) is 5.18. The lowest BCUT2D eigenvalue weighted by Crippen LogP contribution is -2.55. The van der Waals surface area contributed by atoms with E-state index in [1.54, 1.807) is 0 Å². The Morgan fingerprint density at radius 1 is 1.27 bits per heavy atom. The quantitative estimate of drug-likeness (QED) is 0.634. The second-order valence-corrected chi connectivity index (χ2v) is 5.08. The fourth-order valence-electron chi connectivity index (χ4n) is 2.23. The van der Waals surface area contributed by atoms with Crippen molar-refractivity contribution >= 4 is 0 Å². The molecule has 3 heteroatoms. The molecular weight excluding hydrogens is 188 g/mol.